The number of likely N-dealkylation sites (tertiary alicyclic amines) is 1. The Morgan fingerprint density at radius 1 is 1.50 bits per heavy atom. The molecule has 0 radical (unpaired) electrons. The topological polar surface area (TPSA) is 66.8 Å². The molecule has 0 aromatic rings. The number of rotatable bonds is 2. The van der Waals surface area contributed by atoms with Gasteiger partial charge in [-0.25, -0.2) is 9.59 Å². The van der Waals surface area contributed by atoms with Crippen molar-refractivity contribution in [2.45, 2.75) is 19.8 Å². The first kappa shape index (κ1) is 11.0. The van der Waals surface area contributed by atoms with Gasteiger partial charge in [-0.1, -0.05) is 5.57 Å². The molecule has 0 aromatic heterocycles. The van der Waals surface area contributed by atoms with Gasteiger partial charge < -0.3 is 14.7 Å². The maximum absolute atomic E-state index is 11.1. The second-order valence-electron chi connectivity index (χ2n) is 4.55. The number of hydrogen-bond acceptors (Lipinski definition) is 3. The quantitative estimate of drug-likeness (QED) is 0.567. The van der Waals surface area contributed by atoms with E-state index < -0.39 is 6.09 Å². The van der Waals surface area contributed by atoms with Crippen molar-refractivity contribution in [1.29, 1.82) is 0 Å². The van der Waals surface area contributed by atoms with E-state index in [2.05, 4.69) is 0 Å². The van der Waals surface area contributed by atoms with E-state index in [4.69, 9.17) is 9.84 Å². The number of carbonyl (C=O) groups is 2. The molecule has 1 aliphatic heterocycles. The number of carboxylic acid groups (broad SMARTS) is 1. The average molecular weight is 225 g/mol. The molecule has 5 heteroatoms. The number of hydrogen-bond donors (Lipinski definition) is 1. The summed E-state index contributed by atoms with van der Waals surface area (Å²) in [6, 6.07) is 0. The summed E-state index contributed by atoms with van der Waals surface area (Å²) >= 11 is 0. The summed E-state index contributed by atoms with van der Waals surface area (Å²) in [5, 5.41) is 8.70. The van der Waals surface area contributed by atoms with Crippen LogP contribution in [0, 0.1) is 5.41 Å². The van der Waals surface area contributed by atoms with Gasteiger partial charge in [0.2, 0.25) is 0 Å². The van der Waals surface area contributed by atoms with Crippen LogP contribution in [-0.4, -0.2) is 41.8 Å². The van der Waals surface area contributed by atoms with E-state index in [9.17, 15) is 9.59 Å². The number of ether oxygens (including phenoxy) is 1. The molecule has 1 saturated carbocycles. The Morgan fingerprint density at radius 3 is 2.62 bits per heavy atom. The first-order chi connectivity index (χ1) is 7.54. The van der Waals surface area contributed by atoms with Gasteiger partial charge in [0.1, 0.15) is 0 Å². The van der Waals surface area contributed by atoms with Crippen LogP contribution in [-0.2, 0) is 9.53 Å². The summed E-state index contributed by atoms with van der Waals surface area (Å²) < 4.78 is 4.81. The molecule has 0 unspecified atom stereocenters. The normalized spacial score (nSPS) is 21.1. The number of nitrogens with zero attached hydrogens (tertiary/aromatic N) is 1. The maximum Gasteiger partial charge on any atom is 0.407 e. The molecule has 1 saturated heterocycles. The largest absolute Gasteiger partial charge is 0.465 e. The summed E-state index contributed by atoms with van der Waals surface area (Å²) in [5.41, 5.74) is 1.19. The first-order valence-corrected chi connectivity index (χ1v) is 5.39. The van der Waals surface area contributed by atoms with Gasteiger partial charge in [0.25, 0.3) is 0 Å². The van der Waals surface area contributed by atoms with Gasteiger partial charge in [-0.3, -0.25) is 0 Å². The van der Waals surface area contributed by atoms with Gasteiger partial charge >= 0.3 is 12.1 Å². The van der Waals surface area contributed by atoms with Crippen LogP contribution >= 0.6 is 0 Å². The van der Waals surface area contributed by atoms with Gasteiger partial charge in [0.15, 0.2) is 0 Å². The maximum atomic E-state index is 11.1. The fourth-order valence-electron chi connectivity index (χ4n) is 2.49. The van der Waals surface area contributed by atoms with Gasteiger partial charge in [-0.2, -0.15) is 0 Å². The molecule has 1 spiro atoms. The molecule has 2 aliphatic rings. The van der Waals surface area contributed by atoms with E-state index >= 15 is 0 Å². The monoisotopic (exact) mass is 225 g/mol. The third kappa shape index (κ3) is 1.89. The highest BCUT2D eigenvalue weighted by Gasteiger charge is 2.51. The Kier molecular flexibility index (Phi) is 2.61. The predicted molar refractivity (Wildman–Crippen MR) is 56.0 cm³/mol. The second kappa shape index (κ2) is 3.81. The molecule has 1 amide bonds. The zero-order chi connectivity index (χ0) is 11.8. The molecule has 1 N–H and O–H groups in total. The average Bonchev–Trinajstić information content (AvgIpc) is 2.06. The van der Waals surface area contributed by atoms with Gasteiger partial charge in [-0.05, 0) is 19.8 Å². The van der Waals surface area contributed by atoms with Gasteiger partial charge in [0, 0.05) is 24.6 Å². The second-order valence-corrected chi connectivity index (χ2v) is 4.55. The van der Waals surface area contributed by atoms with E-state index in [0.717, 1.165) is 18.4 Å². The van der Waals surface area contributed by atoms with Crippen molar-refractivity contribution >= 4 is 12.1 Å². The van der Waals surface area contributed by atoms with E-state index in [1.165, 1.54) is 11.0 Å². The summed E-state index contributed by atoms with van der Waals surface area (Å²) in [7, 11) is 0. The third-order valence-corrected chi connectivity index (χ3v) is 3.14. The zero-order valence-corrected chi connectivity index (χ0v) is 9.23. The lowest BCUT2D eigenvalue weighted by Gasteiger charge is -2.55. The van der Waals surface area contributed by atoms with Gasteiger partial charge in [0.05, 0.1) is 6.61 Å². The van der Waals surface area contributed by atoms with Crippen molar-refractivity contribution in [3.8, 4) is 0 Å². The summed E-state index contributed by atoms with van der Waals surface area (Å²) in [5.74, 6) is -0.290. The summed E-state index contributed by atoms with van der Waals surface area (Å²) in [4.78, 5) is 23.1. The molecule has 1 heterocycles. The van der Waals surface area contributed by atoms with Crippen molar-refractivity contribution in [1.82, 2.24) is 4.90 Å². The van der Waals surface area contributed by atoms with E-state index in [1.54, 1.807) is 6.92 Å². The van der Waals surface area contributed by atoms with Crippen LogP contribution in [0.1, 0.15) is 19.8 Å². The Hall–Kier alpha value is -1.52. The Balaban J connectivity index is 1.79. The Labute approximate surface area is 93.7 Å². The molecule has 16 heavy (non-hydrogen) atoms. The summed E-state index contributed by atoms with van der Waals surface area (Å²) in [6.07, 6.45) is 2.34. The third-order valence-electron chi connectivity index (χ3n) is 3.14. The van der Waals surface area contributed by atoms with Crippen LogP contribution in [0.5, 0.6) is 0 Å². The van der Waals surface area contributed by atoms with E-state index in [0.29, 0.717) is 19.7 Å². The first-order valence-electron chi connectivity index (χ1n) is 5.39. The van der Waals surface area contributed by atoms with Crippen LogP contribution in [0.4, 0.5) is 4.79 Å². The van der Waals surface area contributed by atoms with E-state index in [-0.39, 0.29) is 11.4 Å². The molecular formula is C11H15NO4. The minimum atomic E-state index is -0.853. The molecule has 0 atom stereocenters. The highest BCUT2D eigenvalue weighted by atomic mass is 16.5. The Bertz CT molecular complexity index is 345. The highest BCUT2D eigenvalue weighted by Crippen LogP contribution is 2.51. The standard InChI is InChI=1S/C11H15NO4/c1-2-16-9(13)3-8-4-11(5-8)6-12(7-11)10(14)15/h3H,2,4-7H2,1H3,(H,14,15). The van der Waals surface area contributed by atoms with Crippen molar-refractivity contribution in [3.05, 3.63) is 11.6 Å². The lowest BCUT2D eigenvalue weighted by Crippen LogP contribution is -2.61. The lowest BCUT2D eigenvalue weighted by molar-refractivity contribution is -0.137. The number of esters is 1. The number of amides is 1. The van der Waals surface area contributed by atoms with Crippen LogP contribution < -0.4 is 0 Å². The van der Waals surface area contributed by atoms with Crippen LogP contribution in [0.15, 0.2) is 11.6 Å². The van der Waals surface area contributed by atoms with Crippen molar-refractivity contribution in [3.63, 3.8) is 0 Å². The lowest BCUT2D eigenvalue weighted by atomic mass is 9.61. The minimum Gasteiger partial charge on any atom is -0.465 e. The zero-order valence-electron chi connectivity index (χ0n) is 9.23. The smallest absolute Gasteiger partial charge is 0.407 e. The molecule has 0 aromatic carbocycles. The highest BCUT2D eigenvalue weighted by molar-refractivity contribution is 5.83. The van der Waals surface area contributed by atoms with Crippen LogP contribution in [0.2, 0.25) is 0 Å². The molecule has 1 aliphatic carbocycles. The van der Waals surface area contributed by atoms with Crippen molar-refractivity contribution in [2.24, 2.45) is 5.41 Å². The number of carbonyl (C=O) groups excluding carboxylic acids is 1. The SMILES string of the molecule is CCOC(=O)C=C1CC2(C1)CN(C(=O)O)C2. The Morgan fingerprint density at radius 2 is 2.12 bits per heavy atom. The summed E-state index contributed by atoms with van der Waals surface area (Å²) in [6.45, 7) is 3.36. The fraction of sp³-hybridized carbons (Fsp3) is 0.636. The minimum absolute atomic E-state index is 0.122. The molecule has 2 rings (SSSR count). The predicted octanol–water partition coefficient (Wildman–Crippen LogP) is 1.25. The molecule has 0 bridgehead atoms. The molecule has 88 valence electrons. The van der Waals surface area contributed by atoms with Crippen LogP contribution in [0.25, 0.3) is 0 Å². The molecular weight excluding hydrogens is 210 g/mol. The van der Waals surface area contributed by atoms with Gasteiger partial charge in [-0.15, -0.1) is 0 Å². The van der Waals surface area contributed by atoms with Crippen LogP contribution in [0.3, 0.4) is 0 Å². The fourth-order valence-corrected chi connectivity index (χ4v) is 2.49. The van der Waals surface area contributed by atoms with Crippen molar-refractivity contribution in [2.75, 3.05) is 19.7 Å². The van der Waals surface area contributed by atoms with Crippen molar-refractivity contribution < 1.29 is 19.4 Å². The molecule has 5 nitrogen and oxygen atoms in total. The van der Waals surface area contributed by atoms with E-state index in [1.807, 2.05) is 0 Å². The number of allylic oxidation sites excluding steroid dienone is 1. The molecule has 2 fully saturated rings.